The number of nitrogens with one attached hydrogen (secondary N) is 1. The van der Waals surface area contributed by atoms with Gasteiger partial charge in [-0.25, -0.2) is 0 Å². The number of likely N-dealkylation sites (N-methyl/N-ethyl adjacent to an activating group) is 1. The molecule has 0 saturated carbocycles. The fourth-order valence-electron chi connectivity index (χ4n) is 2.01. The first-order valence-electron chi connectivity index (χ1n) is 7.45. The van der Waals surface area contributed by atoms with Gasteiger partial charge in [-0.1, -0.05) is 11.6 Å². The molecule has 0 saturated heterocycles. The summed E-state index contributed by atoms with van der Waals surface area (Å²) >= 11 is 5.80. The zero-order chi connectivity index (χ0) is 17.5. The van der Waals surface area contributed by atoms with E-state index in [0.717, 1.165) is 0 Å². The highest BCUT2D eigenvalue weighted by Gasteiger charge is 2.21. The minimum Gasteiger partial charge on any atom is -0.492 e. The lowest BCUT2D eigenvalue weighted by Gasteiger charge is -2.22. The highest BCUT2D eigenvalue weighted by molar-refractivity contribution is 6.30. The molecule has 2 amide bonds. The molecule has 0 spiro atoms. The quantitative estimate of drug-likeness (QED) is 0.833. The Balaban J connectivity index is 1.76. The van der Waals surface area contributed by atoms with Gasteiger partial charge in [-0.3, -0.25) is 9.59 Å². The summed E-state index contributed by atoms with van der Waals surface area (Å²) < 4.78 is 10.5. The summed E-state index contributed by atoms with van der Waals surface area (Å²) in [4.78, 5) is 25.6. The highest BCUT2D eigenvalue weighted by atomic mass is 35.5. The van der Waals surface area contributed by atoms with Gasteiger partial charge >= 0.3 is 0 Å². The molecule has 0 aliphatic heterocycles. The van der Waals surface area contributed by atoms with Crippen molar-refractivity contribution in [3.8, 4) is 5.75 Å². The van der Waals surface area contributed by atoms with Gasteiger partial charge in [0.1, 0.15) is 18.4 Å². The maximum atomic E-state index is 12.2. The van der Waals surface area contributed by atoms with Crippen LogP contribution in [0.2, 0.25) is 5.02 Å². The lowest BCUT2D eigenvalue weighted by molar-refractivity contribution is -0.131. The van der Waals surface area contributed by atoms with Gasteiger partial charge in [-0.05, 0) is 43.3 Å². The fourth-order valence-corrected chi connectivity index (χ4v) is 2.14. The Labute approximate surface area is 145 Å². The van der Waals surface area contributed by atoms with Crippen LogP contribution in [-0.4, -0.2) is 43.0 Å². The number of nitrogens with zero attached hydrogens (tertiary/aromatic N) is 1. The van der Waals surface area contributed by atoms with Crippen molar-refractivity contribution in [3.05, 3.63) is 53.4 Å². The van der Waals surface area contributed by atoms with Crippen molar-refractivity contribution in [1.29, 1.82) is 0 Å². The SMILES string of the molecule is CC(NC(=O)c1ccco1)C(=O)N(C)CCOc1ccc(Cl)cc1. The van der Waals surface area contributed by atoms with Crippen molar-refractivity contribution >= 4 is 23.4 Å². The molecule has 0 aliphatic carbocycles. The summed E-state index contributed by atoms with van der Waals surface area (Å²) in [5, 5.41) is 3.23. The average molecular weight is 351 g/mol. The third kappa shape index (κ3) is 5.03. The van der Waals surface area contributed by atoms with Crippen LogP contribution < -0.4 is 10.1 Å². The van der Waals surface area contributed by atoms with Gasteiger partial charge in [0, 0.05) is 12.1 Å². The average Bonchev–Trinajstić information content (AvgIpc) is 3.10. The number of hydrogen-bond donors (Lipinski definition) is 1. The minimum atomic E-state index is -0.664. The number of ether oxygens (including phenoxy) is 1. The van der Waals surface area contributed by atoms with Crippen LogP contribution in [0.25, 0.3) is 0 Å². The predicted octanol–water partition coefficient (Wildman–Crippen LogP) is 2.59. The number of halogens is 1. The molecule has 1 aromatic heterocycles. The van der Waals surface area contributed by atoms with E-state index in [2.05, 4.69) is 5.32 Å². The normalized spacial score (nSPS) is 11.6. The number of benzene rings is 1. The molecule has 1 aromatic carbocycles. The molecule has 7 heteroatoms. The maximum absolute atomic E-state index is 12.2. The second-order valence-corrected chi connectivity index (χ2v) is 5.67. The van der Waals surface area contributed by atoms with Crippen LogP contribution in [0.1, 0.15) is 17.5 Å². The molecule has 2 rings (SSSR count). The van der Waals surface area contributed by atoms with E-state index in [9.17, 15) is 9.59 Å². The Morgan fingerprint density at radius 1 is 1.29 bits per heavy atom. The van der Waals surface area contributed by atoms with E-state index >= 15 is 0 Å². The molecule has 1 atom stereocenters. The molecule has 128 valence electrons. The lowest BCUT2D eigenvalue weighted by Crippen LogP contribution is -2.46. The summed E-state index contributed by atoms with van der Waals surface area (Å²) in [7, 11) is 1.66. The lowest BCUT2D eigenvalue weighted by atomic mass is 10.2. The number of carbonyl (C=O) groups is 2. The molecule has 1 N–H and O–H groups in total. The number of furan rings is 1. The zero-order valence-corrected chi connectivity index (χ0v) is 14.2. The van der Waals surface area contributed by atoms with Crippen molar-refractivity contribution in [2.24, 2.45) is 0 Å². The molecule has 0 aliphatic rings. The predicted molar refractivity (Wildman–Crippen MR) is 90.2 cm³/mol. The smallest absolute Gasteiger partial charge is 0.287 e. The maximum Gasteiger partial charge on any atom is 0.287 e. The summed E-state index contributed by atoms with van der Waals surface area (Å²) in [6, 6.07) is 9.48. The van der Waals surface area contributed by atoms with Crippen LogP contribution in [0.3, 0.4) is 0 Å². The van der Waals surface area contributed by atoms with Crippen LogP contribution in [0.4, 0.5) is 0 Å². The first kappa shape index (κ1) is 17.9. The van der Waals surface area contributed by atoms with Gasteiger partial charge in [0.15, 0.2) is 5.76 Å². The van der Waals surface area contributed by atoms with Crippen molar-refractivity contribution in [1.82, 2.24) is 10.2 Å². The standard InChI is InChI=1S/C17H19ClN2O4/c1-12(19-16(21)15-4-3-10-24-15)17(22)20(2)9-11-23-14-7-5-13(18)6-8-14/h3-8,10,12H,9,11H2,1-2H3,(H,19,21). The molecule has 24 heavy (non-hydrogen) atoms. The number of amides is 2. The van der Waals surface area contributed by atoms with Crippen molar-refractivity contribution in [2.45, 2.75) is 13.0 Å². The van der Waals surface area contributed by atoms with Gasteiger partial charge in [-0.2, -0.15) is 0 Å². The van der Waals surface area contributed by atoms with E-state index in [4.69, 9.17) is 20.8 Å². The van der Waals surface area contributed by atoms with Crippen LogP contribution >= 0.6 is 11.6 Å². The molecule has 1 heterocycles. The first-order valence-corrected chi connectivity index (χ1v) is 7.83. The van der Waals surface area contributed by atoms with Gasteiger partial charge in [0.2, 0.25) is 5.91 Å². The van der Waals surface area contributed by atoms with E-state index in [0.29, 0.717) is 23.9 Å². The Morgan fingerprint density at radius 3 is 2.62 bits per heavy atom. The second kappa shape index (κ2) is 8.40. The van der Waals surface area contributed by atoms with E-state index < -0.39 is 11.9 Å². The molecular weight excluding hydrogens is 332 g/mol. The van der Waals surface area contributed by atoms with E-state index in [-0.39, 0.29) is 11.7 Å². The zero-order valence-electron chi connectivity index (χ0n) is 13.5. The molecule has 6 nitrogen and oxygen atoms in total. The topological polar surface area (TPSA) is 71.8 Å². The van der Waals surface area contributed by atoms with Crippen LogP contribution in [0, 0.1) is 0 Å². The molecule has 0 fully saturated rings. The Hall–Kier alpha value is -2.47. The molecule has 0 radical (unpaired) electrons. The third-order valence-corrected chi connectivity index (χ3v) is 3.60. The van der Waals surface area contributed by atoms with Crippen molar-refractivity contribution in [2.75, 3.05) is 20.2 Å². The Kier molecular flexibility index (Phi) is 6.26. The summed E-state index contributed by atoms with van der Waals surface area (Å²) in [5.41, 5.74) is 0. The van der Waals surface area contributed by atoms with Gasteiger partial charge in [-0.15, -0.1) is 0 Å². The number of hydrogen-bond acceptors (Lipinski definition) is 4. The summed E-state index contributed by atoms with van der Waals surface area (Å²) in [6.07, 6.45) is 1.40. The van der Waals surface area contributed by atoms with Crippen LogP contribution in [0.15, 0.2) is 47.1 Å². The highest BCUT2D eigenvalue weighted by Crippen LogP contribution is 2.15. The third-order valence-electron chi connectivity index (χ3n) is 3.35. The van der Waals surface area contributed by atoms with Crippen LogP contribution in [0.5, 0.6) is 5.75 Å². The van der Waals surface area contributed by atoms with Gasteiger partial charge in [0.25, 0.3) is 5.91 Å². The molecule has 2 aromatic rings. The monoisotopic (exact) mass is 350 g/mol. The Morgan fingerprint density at radius 2 is 2.00 bits per heavy atom. The number of rotatable bonds is 7. The molecule has 0 bridgehead atoms. The molecule has 1 unspecified atom stereocenters. The summed E-state index contributed by atoms with van der Waals surface area (Å²) in [5.74, 6) is 0.212. The summed E-state index contributed by atoms with van der Waals surface area (Å²) in [6.45, 7) is 2.35. The first-order chi connectivity index (χ1) is 11.5. The minimum absolute atomic E-state index is 0.170. The van der Waals surface area contributed by atoms with Crippen LogP contribution in [-0.2, 0) is 4.79 Å². The van der Waals surface area contributed by atoms with E-state index in [1.165, 1.54) is 17.2 Å². The van der Waals surface area contributed by atoms with Crippen molar-refractivity contribution in [3.63, 3.8) is 0 Å². The largest absolute Gasteiger partial charge is 0.492 e. The molecular formula is C17H19ClN2O4. The van der Waals surface area contributed by atoms with Gasteiger partial charge in [0.05, 0.1) is 12.8 Å². The second-order valence-electron chi connectivity index (χ2n) is 5.23. The fraction of sp³-hybridized carbons (Fsp3) is 0.294. The number of carbonyl (C=O) groups excluding carboxylic acids is 2. The van der Waals surface area contributed by atoms with Crippen molar-refractivity contribution < 1.29 is 18.7 Å². The Bertz CT molecular complexity index is 670. The van der Waals surface area contributed by atoms with E-state index in [1.54, 1.807) is 44.3 Å². The van der Waals surface area contributed by atoms with Gasteiger partial charge < -0.3 is 19.4 Å². The van der Waals surface area contributed by atoms with E-state index in [1.807, 2.05) is 0 Å².